The fraction of sp³-hybridized carbons (Fsp3) is 0.208. The number of nitrogens with zero attached hydrogens (tertiary/aromatic N) is 1. The molecular weight excluding hydrogens is 448 g/mol. The molecule has 1 amide bonds. The van der Waals surface area contributed by atoms with E-state index in [9.17, 15) is 13.2 Å². The molecule has 0 aromatic heterocycles. The highest BCUT2D eigenvalue weighted by molar-refractivity contribution is 7.92. The van der Waals surface area contributed by atoms with Crippen molar-refractivity contribution >= 4 is 33.2 Å². The van der Waals surface area contributed by atoms with E-state index in [1.165, 1.54) is 17.7 Å². The first-order valence-electron chi connectivity index (χ1n) is 10.2. The molecule has 6 nitrogen and oxygen atoms in total. The van der Waals surface area contributed by atoms with Gasteiger partial charge >= 0.3 is 0 Å². The summed E-state index contributed by atoms with van der Waals surface area (Å²) in [6.45, 7) is 2.16. The minimum absolute atomic E-state index is 0.0755. The van der Waals surface area contributed by atoms with Crippen molar-refractivity contribution < 1.29 is 17.9 Å². The number of halogens is 1. The van der Waals surface area contributed by atoms with Gasteiger partial charge in [0.05, 0.1) is 22.2 Å². The van der Waals surface area contributed by atoms with E-state index in [1.54, 1.807) is 42.5 Å². The summed E-state index contributed by atoms with van der Waals surface area (Å²) in [5.74, 6) is 0.246. The molecule has 32 heavy (non-hydrogen) atoms. The molecule has 0 aliphatic rings. The van der Waals surface area contributed by atoms with Crippen LogP contribution in [0.2, 0.25) is 5.02 Å². The summed E-state index contributed by atoms with van der Waals surface area (Å²) in [5.41, 5.74) is 1.45. The largest absolute Gasteiger partial charge is 0.492 e. The number of ether oxygens (including phenoxy) is 1. The average molecular weight is 473 g/mol. The van der Waals surface area contributed by atoms with E-state index >= 15 is 0 Å². The summed E-state index contributed by atoms with van der Waals surface area (Å²) in [6, 6.07) is 22.2. The standard InChI is InChI=1S/C24H25ClN2O4S/c1-2-19-12-14-20(15-13-19)31-17-16-26-24(28)18-27(23-11-7-6-10-22(23)25)32(29,30)21-8-4-3-5-9-21/h3-15H,2,16-18H2,1H3,(H,26,28). The first-order valence-corrected chi connectivity index (χ1v) is 12.0. The number of amides is 1. The Kier molecular flexibility index (Phi) is 8.14. The van der Waals surface area contributed by atoms with E-state index < -0.39 is 22.5 Å². The number of hydrogen-bond donors (Lipinski definition) is 1. The van der Waals surface area contributed by atoms with Gasteiger partial charge in [0.25, 0.3) is 10.0 Å². The maximum atomic E-state index is 13.3. The van der Waals surface area contributed by atoms with Gasteiger partial charge in [0.2, 0.25) is 5.91 Å². The summed E-state index contributed by atoms with van der Waals surface area (Å²) < 4.78 is 33.2. The predicted molar refractivity (Wildman–Crippen MR) is 127 cm³/mol. The molecule has 0 aliphatic heterocycles. The van der Waals surface area contributed by atoms with E-state index in [0.29, 0.717) is 5.75 Å². The second-order valence-electron chi connectivity index (χ2n) is 6.97. The number of hydrogen-bond acceptors (Lipinski definition) is 4. The Hall–Kier alpha value is -3.03. The number of carbonyl (C=O) groups excluding carboxylic acids is 1. The lowest BCUT2D eigenvalue weighted by Gasteiger charge is -2.25. The summed E-state index contributed by atoms with van der Waals surface area (Å²) >= 11 is 6.25. The number of benzene rings is 3. The lowest BCUT2D eigenvalue weighted by atomic mass is 10.2. The number of carbonyl (C=O) groups is 1. The van der Waals surface area contributed by atoms with Gasteiger partial charge in [-0.15, -0.1) is 0 Å². The van der Waals surface area contributed by atoms with Crippen LogP contribution in [-0.4, -0.2) is 34.0 Å². The number of sulfonamides is 1. The van der Waals surface area contributed by atoms with Crippen LogP contribution in [0.1, 0.15) is 12.5 Å². The number of rotatable bonds is 10. The van der Waals surface area contributed by atoms with E-state index in [1.807, 2.05) is 24.3 Å². The van der Waals surface area contributed by atoms with Crippen LogP contribution in [0.4, 0.5) is 5.69 Å². The number of para-hydroxylation sites is 1. The second-order valence-corrected chi connectivity index (χ2v) is 9.24. The van der Waals surface area contributed by atoms with Crippen LogP contribution >= 0.6 is 11.6 Å². The van der Waals surface area contributed by atoms with Crippen molar-refractivity contribution in [3.8, 4) is 5.75 Å². The highest BCUT2D eigenvalue weighted by atomic mass is 35.5. The zero-order chi connectivity index (χ0) is 23.0. The summed E-state index contributed by atoms with van der Waals surface area (Å²) in [6.07, 6.45) is 0.949. The van der Waals surface area contributed by atoms with Crippen molar-refractivity contribution in [2.75, 3.05) is 24.0 Å². The fourth-order valence-electron chi connectivity index (χ4n) is 3.04. The van der Waals surface area contributed by atoms with Crippen LogP contribution in [0.15, 0.2) is 83.8 Å². The fourth-order valence-corrected chi connectivity index (χ4v) is 4.79. The topological polar surface area (TPSA) is 75.7 Å². The number of nitrogens with one attached hydrogen (secondary N) is 1. The molecule has 0 fully saturated rings. The quantitative estimate of drug-likeness (QED) is 0.446. The number of anilines is 1. The molecule has 168 valence electrons. The van der Waals surface area contributed by atoms with Gasteiger partial charge in [-0.25, -0.2) is 8.42 Å². The van der Waals surface area contributed by atoms with E-state index in [2.05, 4.69) is 12.2 Å². The molecule has 0 radical (unpaired) electrons. The zero-order valence-corrected chi connectivity index (χ0v) is 19.3. The van der Waals surface area contributed by atoms with Gasteiger partial charge < -0.3 is 10.1 Å². The highest BCUT2D eigenvalue weighted by Crippen LogP contribution is 2.30. The van der Waals surface area contributed by atoms with Crippen molar-refractivity contribution in [3.05, 3.63) is 89.4 Å². The van der Waals surface area contributed by atoms with Crippen LogP contribution in [0, 0.1) is 0 Å². The highest BCUT2D eigenvalue weighted by Gasteiger charge is 2.28. The maximum absolute atomic E-state index is 13.3. The molecule has 3 rings (SSSR count). The lowest BCUT2D eigenvalue weighted by molar-refractivity contribution is -0.119. The van der Waals surface area contributed by atoms with Crippen LogP contribution in [0.3, 0.4) is 0 Å². The minimum Gasteiger partial charge on any atom is -0.492 e. The minimum atomic E-state index is -4.00. The van der Waals surface area contributed by atoms with Gasteiger partial charge in [-0.2, -0.15) is 0 Å². The maximum Gasteiger partial charge on any atom is 0.264 e. The monoisotopic (exact) mass is 472 g/mol. The molecule has 0 saturated carbocycles. The van der Waals surface area contributed by atoms with Crippen molar-refractivity contribution in [3.63, 3.8) is 0 Å². The lowest BCUT2D eigenvalue weighted by Crippen LogP contribution is -2.42. The molecule has 0 bridgehead atoms. The van der Waals surface area contributed by atoms with Gasteiger partial charge in [0.15, 0.2) is 0 Å². The normalized spacial score (nSPS) is 11.1. The molecule has 0 unspecified atom stereocenters. The van der Waals surface area contributed by atoms with Crippen molar-refractivity contribution in [2.24, 2.45) is 0 Å². The molecule has 0 saturated heterocycles. The molecule has 0 spiro atoms. The Balaban J connectivity index is 1.67. The van der Waals surface area contributed by atoms with Crippen molar-refractivity contribution in [2.45, 2.75) is 18.2 Å². The van der Waals surface area contributed by atoms with Crippen LogP contribution in [0.25, 0.3) is 0 Å². The van der Waals surface area contributed by atoms with Gasteiger partial charge in [-0.1, -0.05) is 61.0 Å². The Morgan fingerprint density at radius 3 is 2.28 bits per heavy atom. The van der Waals surface area contributed by atoms with Crippen LogP contribution < -0.4 is 14.4 Å². The molecular formula is C24H25ClN2O4S. The third kappa shape index (κ3) is 6.02. The Morgan fingerprint density at radius 1 is 0.969 bits per heavy atom. The first-order chi connectivity index (χ1) is 15.4. The van der Waals surface area contributed by atoms with E-state index in [-0.39, 0.29) is 28.8 Å². The summed E-state index contributed by atoms with van der Waals surface area (Å²) in [4.78, 5) is 12.7. The van der Waals surface area contributed by atoms with Gasteiger partial charge in [0.1, 0.15) is 18.9 Å². The van der Waals surface area contributed by atoms with Crippen molar-refractivity contribution in [1.29, 1.82) is 0 Å². The SMILES string of the molecule is CCc1ccc(OCCNC(=O)CN(c2ccccc2Cl)S(=O)(=O)c2ccccc2)cc1. The van der Waals surface area contributed by atoms with Crippen molar-refractivity contribution in [1.82, 2.24) is 5.32 Å². The second kappa shape index (κ2) is 11.0. The molecule has 8 heteroatoms. The summed E-state index contributed by atoms with van der Waals surface area (Å²) in [7, 11) is -4.00. The smallest absolute Gasteiger partial charge is 0.264 e. The molecule has 0 heterocycles. The predicted octanol–water partition coefficient (Wildman–Crippen LogP) is 4.29. The van der Waals surface area contributed by atoms with Gasteiger partial charge in [0, 0.05) is 0 Å². The third-order valence-electron chi connectivity index (χ3n) is 4.76. The van der Waals surface area contributed by atoms with E-state index in [0.717, 1.165) is 10.7 Å². The molecule has 0 atom stereocenters. The Bertz CT molecular complexity index is 1140. The van der Waals surface area contributed by atoms with Crippen LogP contribution in [-0.2, 0) is 21.2 Å². The summed E-state index contributed by atoms with van der Waals surface area (Å²) in [5, 5.41) is 2.94. The van der Waals surface area contributed by atoms with E-state index in [4.69, 9.17) is 16.3 Å². The van der Waals surface area contributed by atoms with Gasteiger partial charge in [-0.05, 0) is 48.4 Å². The average Bonchev–Trinajstić information content (AvgIpc) is 2.82. The number of aryl methyl sites for hydroxylation is 1. The zero-order valence-electron chi connectivity index (χ0n) is 17.7. The molecule has 3 aromatic rings. The first kappa shape index (κ1) is 23.6. The molecule has 1 N–H and O–H groups in total. The molecule has 3 aromatic carbocycles. The Labute approximate surface area is 193 Å². The Morgan fingerprint density at radius 2 is 1.62 bits per heavy atom. The van der Waals surface area contributed by atoms with Gasteiger partial charge in [-0.3, -0.25) is 9.10 Å². The molecule has 0 aliphatic carbocycles. The van der Waals surface area contributed by atoms with Crippen LogP contribution in [0.5, 0.6) is 5.75 Å². The third-order valence-corrected chi connectivity index (χ3v) is 6.86.